The van der Waals surface area contributed by atoms with Gasteiger partial charge in [-0.15, -0.1) is 0 Å². The number of nitrogens with two attached hydrogens (primary N) is 1. The third kappa shape index (κ3) is 1.24. The van der Waals surface area contributed by atoms with Gasteiger partial charge >= 0.3 is 5.97 Å². The number of carbonyl (C=O) groups excluding carboxylic acids is 1. The Kier molecular flexibility index (Phi) is 2.12. The second-order valence-electron chi connectivity index (χ2n) is 2.96. The number of nitrogen functional groups attached to an aromatic ring is 1. The van der Waals surface area contributed by atoms with E-state index < -0.39 is 5.97 Å². The fourth-order valence-corrected chi connectivity index (χ4v) is 1.50. The van der Waals surface area contributed by atoms with E-state index in [0.717, 1.165) is 0 Å². The summed E-state index contributed by atoms with van der Waals surface area (Å²) in [6, 6.07) is 0. The van der Waals surface area contributed by atoms with Crippen LogP contribution in [-0.2, 0) is 22.6 Å². The molecule has 1 aromatic heterocycles. The van der Waals surface area contributed by atoms with Gasteiger partial charge in [-0.25, -0.2) is 9.78 Å². The van der Waals surface area contributed by atoms with Crippen LogP contribution in [0.1, 0.15) is 16.3 Å². The third-order valence-corrected chi connectivity index (χ3v) is 2.14. The topological polar surface area (TPSA) is 79.4 Å². The van der Waals surface area contributed by atoms with Crippen LogP contribution in [0.15, 0.2) is 0 Å². The number of carbonyl (C=O) groups is 1. The molecule has 6 heteroatoms. The fraction of sp³-hybridized carbons (Fsp3) is 0.500. The Bertz CT molecular complexity index is 372. The highest BCUT2D eigenvalue weighted by Crippen LogP contribution is 2.18. The lowest BCUT2D eigenvalue weighted by atomic mass is 10.4. The fourth-order valence-electron chi connectivity index (χ4n) is 1.50. The highest BCUT2D eigenvalue weighted by molar-refractivity contribution is 5.92. The number of esters is 1. The van der Waals surface area contributed by atoms with Crippen molar-refractivity contribution in [3.05, 3.63) is 11.5 Å². The van der Waals surface area contributed by atoms with E-state index in [1.165, 1.54) is 7.11 Å². The largest absolute Gasteiger partial charge is 0.464 e. The number of hydrogen-bond acceptors (Lipinski definition) is 5. The molecule has 0 aliphatic carbocycles. The Morgan fingerprint density at radius 2 is 2.50 bits per heavy atom. The summed E-state index contributed by atoms with van der Waals surface area (Å²) >= 11 is 0. The molecule has 0 radical (unpaired) electrons. The van der Waals surface area contributed by atoms with Crippen LogP contribution >= 0.6 is 0 Å². The van der Waals surface area contributed by atoms with Crippen LogP contribution < -0.4 is 5.73 Å². The average molecular weight is 197 g/mol. The average Bonchev–Trinajstić information content (AvgIpc) is 2.53. The minimum atomic E-state index is -0.455. The monoisotopic (exact) mass is 197 g/mol. The summed E-state index contributed by atoms with van der Waals surface area (Å²) in [5.74, 6) is 0.426. The first-order valence-electron chi connectivity index (χ1n) is 4.25. The molecule has 0 bridgehead atoms. The standard InChI is InChI=1S/C8H11N3O3/c1-13-8(12)6-7(9)10-5-4-14-3-2-11(5)6/h2-4,9H2,1H3. The molecule has 2 heterocycles. The van der Waals surface area contributed by atoms with Crippen molar-refractivity contribution in [1.82, 2.24) is 9.55 Å². The van der Waals surface area contributed by atoms with Gasteiger partial charge in [0.25, 0.3) is 0 Å². The van der Waals surface area contributed by atoms with Crippen LogP contribution in [0.5, 0.6) is 0 Å². The van der Waals surface area contributed by atoms with Crippen molar-refractivity contribution in [2.24, 2.45) is 0 Å². The van der Waals surface area contributed by atoms with Crippen LogP contribution in [0, 0.1) is 0 Å². The number of hydrogen-bond donors (Lipinski definition) is 1. The van der Waals surface area contributed by atoms with Crippen LogP contribution in [0.25, 0.3) is 0 Å². The lowest BCUT2D eigenvalue weighted by Crippen LogP contribution is -2.21. The van der Waals surface area contributed by atoms with E-state index >= 15 is 0 Å². The Morgan fingerprint density at radius 1 is 1.71 bits per heavy atom. The zero-order valence-electron chi connectivity index (χ0n) is 7.82. The predicted molar refractivity (Wildman–Crippen MR) is 47.6 cm³/mol. The molecule has 14 heavy (non-hydrogen) atoms. The second kappa shape index (κ2) is 3.30. The van der Waals surface area contributed by atoms with Gasteiger partial charge in [0.1, 0.15) is 12.4 Å². The Hall–Kier alpha value is -1.56. The van der Waals surface area contributed by atoms with E-state index in [2.05, 4.69) is 9.72 Å². The lowest BCUT2D eigenvalue weighted by Gasteiger charge is -2.15. The molecular formula is C8H11N3O3. The summed E-state index contributed by atoms with van der Waals surface area (Å²) in [7, 11) is 1.32. The van der Waals surface area contributed by atoms with Crippen molar-refractivity contribution in [1.29, 1.82) is 0 Å². The van der Waals surface area contributed by atoms with Crippen LogP contribution in [0.3, 0.4) is 0 Å². The zero-order valence-corrected chi connectivity index (χ0v) is 7.82. The number of aromatic nitrogens is 2. The lowest BCUT2D eigenvalue weighted by molar-refractivity contribution is 0.0559. The van der Waals surface area contributed by atoms with E-state index in [1.54, 1.807) is 4.57 Å². The van der Waals surface area contributed by atoms with E-state index in [-0.39, 0.29) is 5.82 Å². The first-order valence-corrected chi connectivity index (χ1v) is 4.25. The SMILES string of the molecule is COC(=O)c1c(N)nc2n1CCOC2. The summed E-state index contributed by atoms with van der Waals surface area (Å²) in [6.45, 7) is 1.54. The van der Waals surface area contributed by atoms with E-state index in [9.17, 15) is 4.79 Å². The van der Waals surface area contributed by atoms with Crippen LogP contribution in [-0.4, -0.2) is 29.2 Å². The molecule has 0 aromatic carbocycles. The molecule has 0 amide bonds. The quantitative estimate of drug-likeness (QED) is 0.630. The molecule has 0 unspecified atom stereocenters. The molecular weight excluding hydrogens is 186 g/mol. The molecule has 1 aliphatic heterocycles. The van der Waals surface area contributed by atoms with E-state index in [1.807, 2.05) is 0 Å². The summed E-state index contributed by atoms with van der Waals surface area (Å²) in [5.41, 5.74) is 5.93. The predicted octanol–water partition coefficient (Wildman–Crippen LogP) is -0.218. The molecule has 2 N–H and O–H groups in total. The molecule has 2 rings (SSSR count). The summed E-state index contributed by atoms with van der Waals surface area (Å²) in [5, 5.41) is 0. The van der Waals surface area contributed by atoms with Crippen molar-refractivity contribution < 1.29 is 14.3 Å². The van der Waals surface area contributed by atoms with Gasteiger partial charge in [-0.05, 0) is 0 Å². The molecule has 0 spiro atoms. The molecule has 76 valence electrons. The molecule has 0 saturated heterocycles. The Labute approximate surface area is 80.6 Å². The van der Waals surface area contributed by atoms with Gasteiger partial charge in [0.05, 0.1) is 13.7 Å². The molecule has 0 fully saturated rings. The number of fused-ring (bicyclic) bond motifs is 1. The van der Waals surface area contributed by atoms with Gasteiger partial charge in [-0.2, -0.15) is 0 Å². The number of imidazole rings is 1. The molecule has 0 atom stereocenters. The van der Waals surface area contributed by atoms with Crippen molar-refractivity contribution in [3.8, 4) is 0 Å². The van der Waals surface area contributed by atoms with Gasteiger partial charge in [0, 0.05) is 6.54 Å². The maximum absolute atomic E-state index is 11.4. The van der Waals surface area contributed by atoms with Crippen molar-refractivity contribution in [3.63, 3.8) is 0 Å². The minimum Gasteiger partial charge on any atom is -0.464 e. The molecule has 0 saturated carbocycles. The smallest absolute Gasteiger partial charge is 0.358 e. The number of anilines is 1. The van der Waals surface area contributed by atoms with Crippen molar-refractivity contribution in [2.75, 3.05) is 19.5 Å². The minimum absolute atomic E-state index is 0.206. The summed E-state index contributed by atoms with van der Waals surface area (Å²) in [6.07, 6.45) is 0. The van der Waals surface area contributed by atoms with Crippen molar-refractivity contribution in [2.45, 2.75) is 13.2 Å². The summed E-state index contributed by atoms with van der Waals surface area (Å²) < 4.78 is 11.5. The summed E-state index contributed by atoms with van der Waals surface area (Å²) in [4.78, 5) is 15.4. The first kappa shape index (κ1) is 9.01. The number of rotatable bonds is 1. The zero-order chi connectivity index (χ0) is 10.1. The molecule has 6 nitrogen and oxygen atoms in total. The first-order chi connectivity index (χ1) is 6.74. The highest BCUT2D eigenvalue weighted by atomic mass is 16.5. The van der Waals surface area contributed by atoms with Gasteiger partial charge in [-0.3, -0.25) is 0 Å². The van der Waals surface area contributed by atoms with Crippen LogP contribution in [0.2, 0.25) is 0 Å². The van der Waals surface area contributed by atoms with E-state index in [0.29, 0.717) is 31.3 Å². The maximum atomic E-state index is 11.4. The Morgan fingerprint density at radius 3 is 3.21 bits per heavy atom. The highest BCUT2D eigenvalue weighted by Gasteiger charge is 2.23. The second-order valence-corrected chi connectivity index (χ2v) is 2.96. The number of ether oxygens (including phenoxy) is 2. The van der Waals surface area contributed by atoms with Gasteiger partial charge in [0.15, 0.2) is 11.5 Å². The molecule has 1 aliphatic rings. The molecule has 1 aromatic rings. The number of nitrogens with zero attached hydrogens (tertiary/aromatic N) is 2. The third-order valence-electron chi connectivity index (χ3n) is 2.14. The van der Waals surface area contributed by atoms with Gasteiger partial charge in [0.2, 0.25) is 0 Å². The van der Waals surface area contributed by atoms with Crippen molar-refractivity contribution >= 4 is 11.8 Å². The van der Waals surface area contributed by atoms with Crippen LogP contribution in [0.4, 0.5) is 5.82 Å². The number of methoxy groups -OCH3 is 1. The van der Waals surface area contributed by atoms with Gasteiger partial charge in [-0.1, -0.05) is 0 Å². The normalized spacial score (nSPS) is 14.9. The maximum Gasteiger partial charge on any atom is 0.358 e. The van der Waals surface area contributed by atoms with E-state index in [4.69, 9.17) is 10.5 Å². The van der Waals surface area contributed by atoms with Gasteiger partial charge < -0.3 is 19.8 Å². The Balaban J connectivity index is 2.47.